The standard InChI is InChI=1S/C10H17.ClH.Ti/c1-8-6-7-9(2,3)10(8,4)5;;/h7H2,1-5H3;1H;/q-1;;. The van der Waals surface area contributed by atoms with Crippen LogP contribution in [0, 0.1) is 16.9 Å². The molecule has 12 heavy (non-hydrogen) atoms. The molecule has 0 radical (unpaired) electrons. The van der Waals surface area contributed by atoms with Crippen LogP contribution >= 0.6 is 12.4 Å². The number of allylic oxidation sites excluding steroid dienone is 2. The molecule has 0 aromatic heterocycles. The number of hydrogen-bond acceptors (Lipinski definition) is 0. The molecule has 1 aliphatic carbocycles. The Kier molecular flexibility index (Phi) is 5.46. The minimum Gasteiger partial charge on any atom is -0.496 e. The zero-order valence-corrected chi connectivity index (χ0v) is 11.0. The molecule has 2 heteroatoms. The van der Waals surface area contributed by atoms with Gasteiger partial charge in [-0.25, -0.2) is 0 Å². The minimum absolute atomic E-state index is 0. The van der Waals surface area contributed by atoms with Crippen LogP contribution in [0.5, 0.6) is 0 Å². The summed E-state index contributed by atoms with van der Waals surface area (Å²) in [4.78, 5) is 0. The van der Waals surface area contributed by atoms with Gasteiger partial charge in [0.05, 0.1) is 0 Å². The molecule has 0 atom stereocenters. The van der Waals surface area contributed by atoms with Gasteiger partial charge in [-0.1, -0.05) is 40.0 Å². The van der Waals surface area contributed by atoms with E-state index in [9.17, 15) is 0 Å². The van der Waals surface area contributed by atoms with Crippen molar-refractivity contribution in [3.63, 3.8) is 0 Å². The van der Waals surface area contributed by atoms with Gasteiger partial charge >= 0.3 is 0 Å². The molecule has 0 unspecified atom stereocenters. The molecule has 0 spiro atoms. The van der Waals surface area contributed by atoms with E-state index >= 15 is 0 Å². The first kappa shape index (κ1) is 15.2. The Hall–Kier alpha value is 0.744. The Morgan fingerprint density at radius 2 is 1.58 bits per heavy atom. The normalized spacial score (nSPS) is 23.6. The van der Waals surface area contributed by atoms with Crippen molar-refractivity contribution in [3.05, 3.63) is 11.6 Å². The van der Waals surface area contributed by atoms with E-state index in [1.807, 2.05) is 0 Å². The van der Waals surface area contributed by atoms with Crippen LogP contribution in [0.25, 0.3) is 0 Å². The summed E-state index contributed by atoms with van der Waals surface area (Å²) in [6, 6.07) is 0. The Morgan fingerprint density at radius 1 is 1.17 bits per heavy atom. The first-order valence-corrected chi connectivity index (χ1v) is 3.96. The van der Waals surface area contributed by atoms with E-state index in [0.717, 1.165) is 6.42 Å². The fourth-order valence-electron chi connectivity index (χ4n) is 1.30. The van der Waals surface area contributed by atoms with Crippen molar-refractivity contribution in [1.82, 2.24) is 0 Å². The van der Waals surface area contributed by atoms with Gasteiger partial charge in [0.1, 0.15) is 0 Å². The van der Waals surface area contributed by atoms with Crippen molar-refractivity contribution in [2.24, 2.45) is 10.8 Å². The van der Waals surface area contributed by atoms with Gasteiger partial charge < -0.3 is 6.08 Å². The average molecular weight is 222 g/mol. The van der Waals surface area contributed by atoms with Gasteiger partial charge in [-0.3, -0.25) is 5.57 Å². The summed E-state index contributed by atoms with van der Waals surface area (Å²) in [5, 5.41) is 0. The van der Waals surface area contributed by atoms with Gasteiger partial charge in [-0.2, -0.15) is 6.42 Å². The molecule has 0 aliphatic heterocycles. The van der Waals surface area contributed by atoms with Gasteiger partial charge in [0.15, 0.2) is 0 Å². The quantitative estimate of drug-likeness (QED) is 0.433. The van der Waals surface area contributed by atoms with E-state index in [1.165, 1.54) is 5.57 Å². The van der Waals surface area contributed by atoms with Crippen molar-refractivity contribution in [2.45, 2.75) is 41.0 Å². The molecule has 0 nitrogen and oxygen atoms in total. The number of hydrogen-bond donors (Lipinski definition) is 0. The fraction of sp³-hybridized carbons (Fsp3) is 0.800. The Labute approximate surface area is 97.5 Å². The molecule has 0 bridgehead atoms. The van der Waals surface area contributed by atoms with Gasteiger partial charge in [-0.15, -0.1) is 12.4 Å². The Balaban J connectivity index is 0. The molecular formula is C10H18ClTi-. The fourth-order valence-corrected chi connectivity index (χ4v) is 1.30. The summed E-state index contributed by atoms with van der Waals surface area (Å²) in [6.07, 6.45) is 4.53. The van der Waals surface area contributed by atoms with Gasteiger partial charge in [0.2, 0.25) is 0 Å². The van der Waals surface area contributed by atoms with Crippen molar-refractivity contribution in [3.8, 4) is 0 Å². The van der Waals surface area contributed by atoms with Crippen LogP contribution in [0.3, 0.4) is 0 Å². The van der Waals surface area contributed by atoms with E-state index in [0.29, 0.717) is 10.8 Å². The first-order chi connectivity index (χ1) is 4.38. The molecule has 0 fully saturated rings. The molecule has 1 rings (SSSR count). The van der Waals surface area contributed by atoms with E-state index in [1.54, 1.807) is 0 Å². The largest absolute Gasteiger partial charge is 0.496 e. The third-order valence-corrected chi connectivity index (χ3v) is 3.42. The monoisotopic (exact) mass is 221 g/mol. The van der Waals surface area contributed by atoms with Crippen LogP contribution in [0.15, 0.2) is 5.57 Å². The van der Waals surface area contributed by atoms with Crippen LogP contribution in [0.4, 0.5) is 0 Å². The summed E-state index contributed by atoms with van der Waals surface area (Å²) in [7, 11) is 0. The second kappa shape index (κ2) is 4.31. The number of halogens is 1. The van der Waals surface area contributed by atoms with Crippen LogP contribution in [-0.2, 0) is 21.7 Å². The molecule has 0 saturated heterocycles. The minimum atomic E-state index is 0. The second-order valence-corrected chi connectivity index (χ2v) is 4.49. The summed E-state index contributed by atoms with van der Waals surface area (Å²) >= 11 is 0. The second-order valence-electron chi connectivity index (χ2n) is 4.49. The van der Waals surface area contributed by atoms with Crippen molar-refractivity contribution >= 4 is 12.4 Å². The molecule has 0 amide bonds. The first-order valence-electron chi connectivity index (χ1n) is 3.96. The predicted octanol–water partition coefficient (Wildman–Crippen LogP) is 3.61. The van der Waals surface area contributed by atoms with E-state index in [4.69, 9.17) is 0 Å². The van der Waals surface area contributed by atoms with E-state index in [-0.39, 0.29) is 34.1 Å². The Bertz CT molecular complexity index is 180. The average Bonchev–Trinajstić information content (AvgIpc) is 1.94. The summed E-state index contributed by atoms with van der Waals surface area (Å²) in [5.74, 6) is 0. The molecule has 0 N–H and O–H groups in total. The summed E-state index contributed by atoms with van der Waals surface area (Å²) in [6.45, 7) is 11.4. The van der Waals surface area contributed by atoms with Crippen LogP contribution in [0.1, 0.15) is 41.0 Å². The molecule has 1 aliphatic rings. The van der Waals surface area contributed by atoms with Crippen molar-refractivity contribution < 1.29 is 21.7 Å². The van der Waals surface area contributed by atoms with Crippen LogP contribution < -0.4 is 0 Å². The third-order valence-electron chi connectivity index (χ3n) is 3.42. The van der Waals surface area contributed by atoms with Crippen molar-refractivity contribution in [2.75, 3.05) is 0 Å². The number of rotatable bonds is 0. The van der Waals surface area contributed by atoms with E-state index < -0.39 is 0 Å². The molecule has 70 valence electrons. The predicted molar refractivity (Wildman–Crippen MR) is 51.9 cm³/mol. The smallest absolute Gasteiger partial charge is 0 e. The SMILES string of the molecule is CC1=[C-]CC(C)(C)C1(C)C.Cl.[Ti]. The third kappa shape index (κ3) is 2.16. The maximum Gasteiger partial charge on any atom is 0 e. The molecule has 0 aromatic carbocycles. The molecule has 0 aromatic rings. The molecule has 0 saturated carbocycles. The maximum absolute atomic E-state index is 3.42. The molecular weight excluding hydrogens is 203 g/mol. The zero-order valence-electron chi connectivity index (χ0n) is 8.62. The van der Waals surface area contributed by atoms with Gasteiger partial charge in [0, 0.05) is 21.7 Å². The van der Waals surface area contributed by atoms with Crippen LogP contribution in [0.2, 0.25) is 0 Å². The maximum atomic E-state index is 3.42. The van der Waals surface area contributed by atoms with Gasteiger partial charge in [-0.05, 0) is 5.41 Å². The summed E-state index contributed by atoms with van der Waals surface area (Å²) < 4.78 is 0. The van der Waals surface area contributed by atoms with Crippen LogP contribution in [-0.4, -0.2) is 0 Å². The van der Waals surface area contributed by atoms with E-state index in [2.05, 4.69) is 40.7 Å². The van der Waals surface area contributed by atoms with Crippen molar-refractivity contribution in [1.29, 1.82) is 0 Å². The Morgan fingerprint density at radius 3 is 1.67 bits per heavy atom. The van der Waals surface area contributed by atoms with Gasteiger partial charge in [0.25, 0.3) is 0 Å². The summed E-state index contributed by atoms with van der Waals surface area (Å²) in [5.41, 5.74) is 2.20. The molecule has 0 heterocycles. The zero-order chi connectivity index (χ0) is 7.99. The topological polar surface area (TPSA) is 0 Å².